The zero-order valence-corrected chi connectivity index (χ0v) is 14.1. The van der Waals surface area contributed by atoms with Crippen LogP contribution in [0, 0.1) is 11.8 Å². The van der Waals surface area contributed by atoms with Gasteiger partial charge in [-0.05, 0) is 36.5 Å². The van der Waals surface area contributed by atoms with Crippen molar-refractivity contribution < 1.29 is 14.6 Å². The molecule has 1 heterocycles. The molecule has 2 N–H and O–H groups in total. The van der Waals surface area contributed by atoms with E-state index in [4.69, 9.17) is 9.84 Å². The number of hydrogen-bond donors (Lipinski definition) is 2. The van der Waals surface area contributed by atoms with Gasteiger partial charge in [0, 0.05) is 32.2 Å². The zero-order chi connectivity index (χ0) is 16.7. The van der Waals surface area contributed by atoms with Gasteiger partial charge in [-0.25, -0.2) is 4.79 Å². The van der Waals surface area contributed by atoms with Gasteiger partial charge in [-0.1, -0.05) is 26.0 Å². The summed E-state index contributed by atoms with van der Waals surface area (Å²) in [4.78, 5) is 13.8. The quantitative estimate of drug-likeness (QED) is 0.810. The van der Waals surface area contributed by atoms with Gasteiger partial charge in [-0.2, -0.15) is 0 Å². The Hall–Kier alpha value is -1.75. The molecule has 0 spiro atoms. The summed E-state index contributed by atoms with van der Waals surface area (Å²) in [7, 11) is 0. The summed E-state index contributed by atoms with van der Waals surface area (Å²) in [5, 5.41) is 12.1. The third-order valence-electron chi connectivity index (χ3n) is 4.03. The Kier molecular flexibility index (Phi) is 6.71. The van der Waals surface area contributed by atoms with Crippen LogP contribution in [-0.4, -0.2) is 48.9 Å². The molecule has 2 amide bonds. The molecule has 23 heavy (non-hydrogen) atoms. The minimum atomic E-state index is -0.0298. The second-order valence-electron chi connectivity index (χ2n) is 6.61. The van der Waals surface area contributed by atoms with Gasteiger partial charge in [0.25, 0.3) is 0 Å². The molecule has 5 nitrogen and oxygen atoms in total. The van der Waals surface area contributed by atoms with Gasteiger partial charge in [-0.3, -0.25) is 0 Å². The number of likely N-dealkylation sites (tertiary alicyclic amines) is 1. The van der Waals surface area contributed by atoms with E-state index in [0.717, 1.165) is 31.7 Å². The van der Waals surface area contributed by atoms with Crippen LogP contribution in [0.1, 0.15) is 25.8 Å². The van der Waals surface area contributed by atoms with Gasteiger partial charge in [0.1, 0.15) is 5.75 Å². The highest BCUT2D eigenvalue weighted by atomic mass is 16.5. The first-order valence-corrected chi connectivity index (χ1v) is 8.44. The Labute approximate surface area is 138 Å². The van der Waals surface area contributed by atoms with Gasteiger partial charge < -0.3 is 20.1 Å². The van der Waals surface area contributed by atoms with Crippen LogP contribution in [0.25, 0.3) is 0 Å². The van der Waals surface area contributed by atoms with Crippen LogP contribution < -0.4 is 10.1 Å². The van der Waals surface area contributed by atoms with Gasteiger partial charge in [0.15, 0.2) is 0 Å². The predicted octanol–water partition coefficient (Wildman–Crippen LogP) is 2.29. The highest BCUT2D eigenvalue weighted by Gasteiger charge is 2.25. The Morgan fingerprint density at radius 3 is 2.74 bits per heavy atom. The second kappa shape index (κ2) is 8.77. The van der Waals surface area contributed by atoms with Crippen molar-refractivity contribution in [3.63, 3.8) is 0 Å². The molecular weight excluding hydrogens is 292 g/mol. The molecule has 0 radical (unpaired) electrons. The summed E-state index contributed by atoms with van der Waals surface area (Å²) in [5.41, 5.74) is 1.18. The highest BCUT2D eigenvalue weighted by Crippen LogP contribution is 2.15. The minimum Gasteiger partial charge on any atom is -0.493 e. The molecule has 5 heteroatoms. The number of nitrogens with one attached hydrogen (secondary N) is 1. The molecule has 1 aromatic carbocycles. The lowest BCUT2D eigenvalue weighted by Gasteiger charge is -2.17. The molecule has 0 bridgehead atoms. The monoisotopic (exact) mass is 320 g/mol. The largest absolute Gasteiger partial charge is 0.493 e. The van der Waals surface area contributed by atoms with E-state index >= 15 is 0 Å². The van der Waals surface area contributed by atoms with Crippen molar-refractivity contribution in [2.75, 3.05) is 32.8 Å². The Morgan fingerprint density at radius 1 is 1.39 bits per heavy atom. The topological polar surface area (TPSA) is 61.8 Å². The van der Waals surface area contributed by atoms with Crippen LogP contribution in [0.15, 0.2) is 24.3 Å². The lowest BCUT2D eigenvalue weighted by molar-refractivity contribution is 0.198. The molecule has 1 aliphatic heterocycles. The molecule has 1 saturated heterocycles. The SMILES string of the molecule is CC(C)COc1ccc(CCNC(=O)N2CCC(CO)C2)cc1. The first-order valence-electron chi connectivity index (χ1n) is 8.44. The number of amides is 2. The van der Waals surface area contributed by atoms with Crippen LogP contribution in [-0.2, 0) is 6.42 Å². The molecule has 1 atom stereocenters. The first kappa shape index (κ1) is 17.6. The fraction of sp³-hybridized carbons (Fsp3) is 0.611. The maximum absolute atomic E-state index is 12.0. The summed E-state index contributed by atoms with van der Waals surface area (Å²) in [6.07, 6.45) is 1.69. The van der Waals surface area contributed by atoms with Crippen LogP contribution in [0.3, 0.4) is 0 Å². The lowest BCUT2D eigenvalue weighted by Crippen LogP contribution is -2.39. The van der Waals surface area contributed by atoms with Crippen molar-refractivity contribution >= 4 is 6.03 Å². The van der Waals surface area contributed by atoms with Crippen molar-refractivity contribution in [1.29, 1.82) is 0 Å². The van der Waals surface area contributed by atoms with E-state index in [0.29, 0.717) is 19.0 Å². The fourth-order valence-electron chi connectivity index (χ4n) is 2.61. The summed E-state index contributed by atoms with van der Waals surface area (Å²) in [6.45, 7) is 7.14. The number of rotatable bonds is 7. The third-order valence-corrected chi connectivity index (χ3v) is 4.03. The molecule has 1 aromatic rings. The Morgan fingerprint density at radius 2 is 2.13 bits per heavy atom. The van der Waals surface area contributed by atoms with Gasteiger partial charge in [0.05, 0.1) is 6.61 Å². The average molecular weight is 320 g/mol. The fourth-order valence-corrected chi connectivity index (χ4v) is 2.61. The summed E-state index contributed by atoms with van der Waals surface area (Å²) in [5.74, 6) is 1.64. The van der Waals surface area contributed by atoms with Crippen molar-refractivity contribution in [2.24, 2.45) is 11.8 Å². The molecule has 2 rings (SSSR count). The van der Waals surface area contributed by atoms with E-state index < -0.39 is 0 Å². The molecule has 0 saturated carbocycles. The number of benzene rings is 1. The number of carbonyl (C=O) groups is 1. The molecule has 1 fully saturated rings. The standard InChI is InChI=1S/C18H28N2O3/c1-14(2)13-23-17-5-3-15(4-6-17)7-9-19-18(22)20-10-8-16(11-20)12-21/h3-6,14,16,21H,7-13H2,1-2H3,(H,19,22). The van der Waals surface area contributed by atoms with E-state index in [1.54, 1.807) is 4.90 Å². The van der Waals surface area contributed by atoms with E-state index in [1.165, 1.54) is 5.56 Å². The van der Waals surface area contributed by atoms with Crippen molar-refractivity contribution in [1.82, 2.24) is 10.2 Å². The van der Waals surface area contributed by atoms with Crippen LogP contribution in [0.5, 0.6) is 5.75 Å². The summed E-state index contributed by atoms with van der Waals surface area (Å²) in [6, 6.07) is 8.01. The van der Waals surface area contributed by atoms with Crippen molar-refractivity contribution in [2.45, 2.75) is 26.7 Å². The zero-order valence-electron chi connectivity index (χ0n) is 14.1. The molecular formula is C18H28N2O3. The predicted molar refractivity (Wildman–Crippen MR) is 90.6 cm³/mol. The maximum Gasteiger partial charge on any atom is 0.317 e. The van der Waals surface area contributed by atoms with Crippen molar-refractivity contribution in [3.8, 4) is 5.75 Å². The number of ether oxygens (including phenoxy) is 1. The normalized spacial score (nSPS) is 17.6. The summed E-state index contributed by atoms with van der Waals surface area (Å²) < 4.78 is 5.66. The minimum absolute atomic E-state index is 0.0298. The van der Waals surface area contributed by atoms with E-state index in [1.807, 2.05) is 24.3 Å². The van der Waals surface area contributed by atoms with Gasteiger partial charge in [0.2, 0.25) is 0 Å². The number of urea groups is 1. The molecule has 0 aromatic heterocycles. The Bertz CT molecular complexity index is 488. The summed E-state index contributed by atoms with van der Waals surface area (Å²) >= 11 is 0. The highest BCUT2D eigenvalue weighted by molar-refractivity contribution is 5.74. The number of carbonyl (C=O) groups excluding carboxylic acids is 1. The van der Waals surface area contributed by atoms with Crippen LogP contribution in [0.2, 0.25) is 0 Å². The number of hydrogen-bond acceptors (Lipinski definition) is 3. The van der Waals surface area contributed by atoms with E-state index in [-0.39, 0.29) is 18.6 Å². The molecule has 1 aliphatic rings. The first-order chi connectivity index (χ1) is 11.1. The third kappa shape index (κ3) is 5.75. The molecule has 128 valence electrons. The van der Waals surface area contributed by atoms with Crippen molar-refractivity contribution in [3.05, 3.63) is 29.8 Å². The average Bonchev–Trinajstić information content (AvgIpc) is 3.03. The van der Waals surface area contributed by atoms with E-state index in [9.17, 15) is 4.79 Å². The molecule has 1 unspecified atom stereocenters. The van der Waals surface area contributed by atoms with Crippen LogP contribution in [0.4, 0.5) is 4.79 Å². The van der Waals surface area contributed by atoms with Gasteiger partial charge in [-0.15, -0.1) is 0 Å². The van der Waals surface area contributed by atoms with E-state index in [2.05, 4.69) is 19.2 Å². The van der Waals surface area contributed by atoms with Gasteiger partial charge >= 0.3 is 6.03 Å². The molecule has 0 aliphatic carbocycles. The second-order valence-corrected chi connectivity index (χ2v) is 6.61. The smallest absolute Gasteiger partial charge is 0.317 e. The number of aliphatic hydroxyl groups is 1. The lowest BCUT2D eigenvalue weighted by atomic mass is 10.1. The number of nitrogens with zero attached hydrogens (tertiary/aromatic N) is 1. The maximum atomic E-state index is 12.0. The van der Waals surface area contributed by atoms with Crippen LogP contribution >= 0.6 is 0 Å². The number of aliphatic hydroxyl groups excluding tert-OH is 1. The Balaban J connectivity index is 1.68.